The average Bonchev–Trinajstić information content (AvgIpc) is 2.84. The maximum Gasteiger partial charge on any atom is 0.270 e. The van der Waals surface area contributed by atoms with E-state index in [2.05, 4.69) is 0 Å². The number of nitro benzene ring substituents is 1. The molecule has 3 aromatic carbocycles. The number of allylic oxidation sites excluding steroid dienone is 1. The fourth-order valence-electron chi connectivity index (χ4n) is 3.41. The third-order valence-electron chi connectivity index (χ3n) is 4.75. The Labute approximate surface area is 155 Å². The molecule has 4 nitrogen and oxygen atoms in total. The van der Waals surface area contributed by atoms with Gasteiger partial charge in [-0.25, -0.2) is 4.39 Å². The maximum atomic E-state index is 13.8. The summed E-state index contributed by atoms with van der Waals surface area (Å²) >= 11 is 0. The first-order chi connectivity index (χ1) is 13.0. The Morgan fingerprint density at radius 2 is 1.85 bits per heavy atom. The van der Waals surface area contributed by atoms with E-state index in [1.54, 1.807) is 18.2 Å². The van der Waals surface area contributed by atoms with E-state index in [0.29, 0.717) is 12.4 Å². The van der Waals surface area contributed by atoms with Gasteiger partial charge in [0.2, 0.25) is 0 Å². The number of hydrogen-bond donors (Lipinski definition) is 0. The summed E-state index contributed by atoms with van der Waals surface area (Å²) in [5.41, 5.74) is 5.25. The molecule has 0 radical (unpaired) electrons. The van der Waals surface area contributed by atoms with Crippen LogP contribution in [-0.4, -0.2) is 4.92 Å². The first-order valence-electron chi connectivity index (χ1n) is 8.51. The number of ether oxygens (including phenoxy) is 1. The molecule has 0 bridgehead atoms. The molecule has 0 spiro atoms. The molecule has 134 valence electrons. The second kappa shape index (κ2) is 6.68. The molecule has 0 amide bonds. The molecule has 0 saturated carbocycles. The first-order valence-corrected chi connectivity index (χ1v) is 8.51. The van der Waals surface area contributed by atoms with E-state index >= 15 is 0 Å². The second-order valence-corrected chi connectivity index (χ2v) is 6.39. The topological polar surface area (TPSA) is 52.4 Å². The van der Waals surface area contributed by atoms with Crippen molar-refractivity contribution in [3.63, 3.8) is 0 Å². The van der Waals surface area contributed by atoms with Crippen molar-refractivity contribution in [3.8, 4) is 5.75 Å². The Morgan fingerprint density at radius 1 is 1.04 bits per heavy atom. The monoisotopic (exact) mass is 361 g/mol. The van der Waals surface area contributed by atoms with Gasteiger partial charge >= 0.3 is 0 Å². The minimum atomic E-state index is -0.408. The average molecular weight is 361 g/mol. The van der Waals surface area contributed by atoms with Gasteiger partial charge in [0.05, 0.1) is 4.92 Å². The highest BCUT2D eigenvalue weighted by Crippen LogP contribution is 2.41. The van der Waals surface area contributed by atoms with Crippen LogP contribution in [0.15, 0.2) is 66.7 Å². The summed E-state index contributed by atoms with van der Waals surface area (Å²) < 4.78 is 19.6. The molecule has 0 N–H and O–H groups in total. The molecule has 0 aromatic heterocycles. The molecular formula is C22H16FNO3. The number of hydrogen-bond acceptors (Lipinski definition) is 3. The van der Waals surface area contributed by atoms with Gasteiger partial charge in [-0.15, -0.1) is 0 Å². The van der Waals surface area contributed by atoms with Crippen molar-refractivity contribution in [2.45, 2.75) is 13.5 Å². The van der Waals surface area contributed by atoms with Gasteiger partial charge in [-0.2, -0.15) is 0 Å². The van der Waals surface area contributed by atoms with Gasteiger partial charge in [0, 0.05) is 23.8 Å². The van der Waals surface area contributed by atoms with Crippen LogP contribution in [0.3, 0.4) is 0 Å². The lowest BCUT2D eigenvalue weighted by Crippen LogP contribution is -1.96. The van der Waals surface area contributed by atoms with Gasteiger partial charge in [0.1, 0.15) is 18.2 Å². The Bertz CT molecular complexity index is 1090. The minimum Gasteiger partial charge on any atom is -0.488 e. The van der Waals surface area contributed by atoms with Crippen LogP contribution in [0.4, 0.5) is 10.1 Å². The predicted molar refractivity (Wildman–Crippen MR) is 102 cm³/mol. The van der Waals surface area contributed by atoms with Crippen LogP contribution >= 0.6 is 0 Å². The molecule has 0 unspecified atom stereocenters. The van der Waals surface area contributed by atoms with E-state index < -0.39 is 4.92 Å². The summed E-state index contributed by atoms with van der Waals surface area (Å²) in [6.07, 6.45) is 0. The van der Waals surface area contributed by atoms with Crippen LogP contribution in [0.5, 0.6) is 5.75 Å². The van der Waals surface area contributed by atoms with Gasteiger partial charge in [0.25, 0.3) is 5.69 Å². The lowest BCUT2D eigenvalue weighted by atomic mass is 9.88. The van der Waals surface area contributed by atoms with E-state index in [9.17, 15) is 14.5 Å². The highest BCUT2D eigenvalue weighted by atomic mass is 19.1. The van der Waals surface area contributed by atoms with Crippen LogP contribution in [-0.2, 0) is 6.61 Å². The number of fused-ring (bicyclic) bond motifs is 2. The predicted octanol–water partition coefficient (Wildman–Crippen LogP) is 5.61. The smallest absolute Gasteiger partial charge is 0.270 e. The molecule has 1 aliphatic heterocycles. The van der Waals surface area contributed by atoms with Gasteiger partial charge in [-0.1, -0.05) is 36.4 Å². The van der Waals surface area contributed by atoms with Gasteiger partial charge in [0.15, 0.2) is 0 Å². The summed E-state index contributed by atoms with van der Waals surface area (Å²) in [7, 11) is 0. The SMILES string of the molecule is C/C(=C1/c2ccccc2COc2cc(F)ccc21)c1cccc([N+](=O)[O-])c1. The van der Waals surface area contributed by atoms with Crippen molar-refractivity contribution >= 4 is 16.8 Å². The van der Waals surface area contributed by atoms with E-state index in [-0.39, 0.29) is 11.5 Å². The van der Waals surface area contributed by atoms with E-state index in [0.717, 1.165) is 33.4 Å². The lowest BCUT2D eigenvalue weighted by Gasteiger charge is -2.15. The highest BCUT2D eigenvalue weighted by molar-refractivity contribution is 6.00. The van der Waals surface area contributed by atoms with Gasteiger partial charge in [-0.05, 0) is 46.9 Å². The molecule has 0 saturated heterocycles. The molecule has 3 aromatic rings. The Balaban J connectivity index is 2.02. The summed E-state index contributed by atoms with van der Waals surface area (Å²) in [5, 5.41) is 11.2. The molecule has 1 aliphatic rings. The molecule has 5 heteroatoms. The lowest BCUT2D eigenvalue weighted by molar-refractivity contribution is -0.384. The zero-order chi connectivity index (χ0) is 19.0. The van der Waals surface area contributed by atoms with Crippen molar-refractivity contribution in [3.05, 3.63) is 105 Å². The number of halogens is 1. The largest absolute Gasteiger partial charge is 0.488 e. The van der Waals surface area contributed by atoms with Crippen LogP contribution in [0, 0.1) is 15.9 Å². The quantitative estimate of drug-likeness (QED) is 0.441. The summed E-state index contributed by atoms with van der Waals surface area (Å²) in [5.74, 6) is 0.0954. The fourth-order valence-corrected chi connectivity index (χ4v) is 3.41. The third kappa shape index (κ3) is 3.08. The molecule has 0 atom stereocenters. The number of nitro groups is 1. The maximum absolute atomic E-state index is 13.8. The Morgan fingerprint density at radius 3 is 2.67 bits per heavy atom. The number of benzene rings is 3. The standard InChI is InChI=1S/C22H16FNO3/c1-14(15-6-4-7-18(11-15)24(25)26)22-19-8-3-2-5-16(19)13-27-21-12-17(23)9-10-20(21)22/h2-12H,13H2,1H3/b22-14+. The van der Waals surface area contributed by atoms with Crippen molar-refractivity contribution in [2.75, 3.05) is 0 Å². The normalized spacial score (nSPS) is 14.4. The fraction of sp³-hybridized carbons (Fsp3) is 0.0909. The zero-order valence-corrected chi connectivity index (χ0v) is 14.6. The first kappa shape index (κ1) is 17.0. The van der Waals surface area contributed by atoms with Crippen LogP contribution in [0.25, 0.3) is 11.1 Å². The molecule has 0 aliphatic carbocycles. The number of rotatable bonds is 2. The van der Waals surface area contributed by atoms with Crippen molar-refractivity contribution < 1.29 is 14.1 Å². The molecule has 27 heavy (non-hydrogen) atoms. The molecule has 4 rings (SSSR count). The summed E-state index contributed by atoms with van der Waals surface area (Å²) in [6, 6.07) is 18.8. The number of nitrogens with zero attached hydrogens (tertiary/aromatic N) is 1. The molecule has 0 fully saturated rings. The van der Waals surface area contributed by atoms with Crippen LogP contribution in [0.1, 0.15) is 29.2 Å². The van der Waals surface area contributed by atoms with Crippen molar-refractivity contribution in [1.29, 1.82) is 0 Å². The van der Waals surface area contributed by atoms with Gasteiger partial charge in [-0.3, -0.25) is 10.1 Å². The molecule has 1 heterocycles. The summed E-state index contributed by atoms with van der Waals surface area (Å²) in [4.78, 5) is 10.8. The zero-order valence-electron chi connectivity index (χ0n) is 14.6. The number of non-ortho nitro benzene ring substituents is 1. The van der Waals surface area contributed by atoms with Crippen LogP contribution in [0.2, 0.25) is 0 Å². The van der Waals surface area contributed by atoms with Crippen LogP contribution < -0.4 is 4.74 Å². The highest BCUT2D eigenvalue weighted by Gasteiger charge is 2.22. The summed E-state index contributed by atoms with van der Waals surface area (Å²) in [6.45, 7) is 2.25. The van der Waals surface area contributed by atoms with Crippen molar-refractivity contribution in [2.24, 2.45) is 0 Å². The molecular weight excluding hydrogens is 345 g/mol. The van der Waals surface area contributed by atoms with E-state index in [1.165, 1.54) is 18.2 Å². The Kier molecular flexibility index (Phi) is 4.20. The minimum absolute atomic E-state index is 0.0323. The van der Waals surface area contributed by atoms with E-state index in [4.69, 9.17) is 4.74 Å². The third-order valence-corrected chi connectivity index (χ3v) is 4.75. The van der Waals surface area contributed by atoms with Gasteiger partial charge < -0.3 is 4.74 Å². The Hall–Kier alpha value is -3.47. The second-order valence-electron chi connectivity index (χ2n) is 6.39. The van der Waals surface area contributed by atoms with E-state index in [1.807, 2.05) is 37.3 Å². The van der Waals surface area contributed by atoms with Crippen molar-refractivity contribution in [1.82, 2.24) is 0 Å².